The molecular weight excluding hydrogens is 236 g/mol. The molecule has 0 spiro atoms. The number of benzene rings is 1. The molecule has 0 aromatic heterocycles. The van der Waals surface area contributed by atoms with Crippen LogP contribution in [0.4, 0.5) is 0 Å². The van der Waals surface area contributed by atoms with Gasteiger partial charge < -0.3 is 4.74 Å². The van der Waals surface area contributed by atoms with E-state index in [9.17, 15) is 4.79 Å². The topological polar surface area (TPSA) is 26.3 Å². The summed E-state index contributed by atoms with van der Waals surface area (Å²) in [4.78, 5) is 11.8. The van der Waals surface area contributed by atoms with E-state index in [-0.39, 0.29) is 5.97 Å². The smallest absolute Gasteiger partial charge is 0.331 e. The molecular formula is C17H22O2. The lowest BCUT2D eigenvalue weighted by atomic mass is 9.84. The highest BCUT2D eigenvalue weighted by atomic mass is 16.5. The Bertz CT molecular complexity index is 428. The molecule has 19 heavy (non-hydrogen) atoms. The van der Waals surface area contributed by atoms with Crippen LogP contribution in [-0.2, 0) is 16.1 Å². The van der Waals surface area contributed by atoms with Crippen LogP contribution in [0, 0.1) is 5.92 Å². The maximum Gasteiger partial charge on any atom is 0.331 e. The van der Waals surface area contributed by atoms with Crippen LogP contribution in [0.2, 0.25) is 0 Å². The Hall–Kier alpha value is -1.57. The Morgan fingerprint density at radius 2 is 1.89 bits per heavy atom. The summed E-state index contributed by atoms with van der Waals surface area (Å²) >= 11 is 0. The molecule has 1 aliphatic rings. The molecule has 0 heterocycles. The molecule has 2 nitrogen and oxygen atoms in total. The van der Waals surface area contributed by atoms with Gasteiger partial charge in [0.05, 0.1) is 0 Å². The van der Waals surface area contributed by atoms with Gasteiger partial charge >= 0.3 is 5.97 Å². The highest BCUT2D eigenvalue weighted by Gasteiger charge is 2.15. The molecule has 1 saturated carbocycles. The minimum Gasteiger partial charge on any atom is -0.458 e. The summed E-state index contributed by atoms with van der Waals surface area (Å²) < 4.78 is 5.27. The van der Waals surface area contributed by atoms with Gasteiger partial charge in [0.15, 0.2) is 0 Å². The van der Waals surface area contributed by atoms with Gasteiger partial charge in [0.1, 0.15) is 6.61 Å². The number of allylic oxidation sites excluding steroid dienone is 1. The lowest BCUT2D eigenvalue weighted by Crippen LogP contribution is -2.10. The van der Waals surface area contributed by atoms with E-state index < -0.39 is 0 Å². The molecule has 2 rings (SSSR count). The number of hydrogen-bond acceptors (Lipinski definition) is 2. The SMILES string of the molecule is C/C(=C\C(=O)OCc1ccccc1)C1CCCCC1. The minimum absolute atomic E-state index is 0.216. The molecule has 1 aromatic rings. The second-order valence-corrected chi connectivity index (χ2v) is 5.32. The van der Waals surface area contributed by atoms with Gasteiger partial charge in [0, 0.05) is 6.08 Å². The fraction of sp³-hybridized carbons (Fsp3) is 0.471. The van der Waals surface area contributed by atoms with Crippen LogP contribution in [0.3, 0.4) is 0 Å². The molecule has 1 fully saturated rings. The largest absolute Gasteiger partial charge is 0.458 e. The van der Waals surface area contributed by atoms with Crippen LogP contribution in [0.15, 0.2) is 42.0 Å². The second-order valence-electron chi connectivity index (χ2n) is 5.32. The van der Waals surface area contributed by atoms with E-state index in [4.69, 9.17) is 4.74 Å². The molecule has 0 atom stereocenters. The molecule has 102 valence electrons. The third-order valence-corrected chi connectivity index (χ3v) is 3.82. The van der Waals surface area contributed by atoms with Gasteiger partial charge in [0.2, 0.25) is 0 Å². The molecule has 0 bridgehead atoms. The van der Waals surface area contributed by atoms with Gasteiger partial charge in [-0.3, -0.25) is 0 Å². The van der Waals surface area contributed by atoms with Crippen molar-refractivity contribution >= 4 is 5.97 Å². The Morgan fingerprint density at radius 1 is 1.21 bits per heavy atom. The molecule has 1 aromatic carbocycles. The molecule has 0 unspecified atom stereocenters. The van der Waals surface area contributed by atoms with E-state index in [1.165, 1.54) is 37.7 Å². The first kappa shape index (κ1) is 13.9. The van der Waals surface area contributed by atoms with Crippen molar-refractivity contribution in [3.63, 3.8) is 0 Å². The van der Waals surface area contributed by atoms with E-state index in [0.29, 0.717) is 12.5 Å². The number of carbonyl (C=O) groups is 1. The van der Waals surface area contributed by atoms with Crippen LogP contribution >= 0.6 is 0 Å². The Balaban J connectivity index is 1.82. The van der Waals surface area contributed by atoms with Gasteiger partial charge in [-0.25, -0.2) is 4.79 Å². The van der Waals surface area contributed by atoms with Crippen LogP contribution < -0.4 is 0 Å². The Kier molecular flexibility index (Phi) is 5.20. The van der Waals surface area contributed by atoms with Crippen molar-refractivity contribution in [1.82, 2.24) is 0 Å². The molecule has 0 radical (unpaired) electrons. The van der Waals surface area contributed by atoms with Crippen molar-refractivity contribution in [1.29, 1.82) is 0 Å². The van der Waals surface area contributed by atoms with Crippen molar-refractivity contribution in [3.05, 3.63) is 47.5 Å². The number of ether oxygens (including phenoxy) is 1. The monoisotopic (exact) mass is 258 g/mol. The van der Waals surface area contributed by atoms with E-state index in [1.54, 1.807) is 6.08 Å². The van der Waals surface area contributed by atoms with Gasteiger partial charge in [-0.05, 0) is 31.2 Å². The minimum atomic E-state index is -0.216. The lowest BCUT2D eigenvalue weighted by Gasteiger charge is -2.22. The van der Waals surface area contributed by atoms with E-state index in [1.807, 2.05) is 30.3 Å². The molecule has 0 saturated heterocycles. The van der Waals surface area contributed by atoms with Gasteiger partial charge in [-0.15, -0.1) is 0 Å². The lowest BCUT2D eigenvalue weighted by molar-refractivity contribution is -0.139. The standard InChI is InChI=1S/C17H22O2/c1-14(16-10-6-3-7-11-16)12-17(18)19-13-15-8-4-2-5-9-15/h2,4-5,8-9,12,16H,3,6-7,10-11,13H2,1H3/b14-12+. The summed E-state index contributed by atoms with van der Waals surface area (Å²) in [5.74, 6) is 0.366. The first-order valence-electron chi connectivity index (χ1n) is 7.14. The normalized spacial score (nSPS) is 17.2. The Labute approximate surface area is 115 Å². The molecule has 2 heteroatoms. The number of carbonyl (C=O) groups excluding carboxylic acids is 1. The van der Waals surface area contributed by atoms with Gasteiger partial charge in [-0.1, -0.05) is 55.2 Å². The van der Waals surface area contributed by atoms with Gasteiger partial charge in [0.25, 0.3) is 0 Å². The average molecular weight is 258 g/mol. The maximum atomic E-state index is 11.8. The van der Waals surface area contributed by atoms with Crippen LogP contribution in [0.25, 0.3) is 0 Å². The molecule has 1 aliphatic carbocycles. The van der Waals surface area contributed by atoms with E-state index in [2.05, 4.69) is 6.92 Å². The summed E-state index contributed by atoms with van der Waals surface area (Å²) in [6.45, 7) is 2.41. The van der Waals surface area contributed by atoms with E-state index >= 15 is 0 Å². The van der Waals surface area contributed by atoms with Crippen molar-refractivity contribution < 1.29 is 9.53 Å². The fourth-order valence-corrected chi connectivity index (χ4v) is 2.63. The predicted octanol–water partition coefficient (Wildman–Crippen LogP) is 4.26. The highest BCUT2D eigenvalue weighted by Crippen LogP contribution is 2.29. The zero-order valence-corrected chi connectivity index (χ0v) is 11.6. The van der Waals surface area contributed by atoms with Crippen LogP contribution in [0.5, 0.6) is 0 Å². The zero-order valence-electron chi connectivity index (χ0n) is 11.6. The molecule has 0 amide bonds. The van der Waals surface area contributed by atoms with Crippen molar-refractivity contribution in [2.45, 2.75) is 45.6 Å². The summed E-state index contributed by atoms with van der Waals surface area (Å²) in [6.07, 6.45) is 8.02. The van der Waals surface area contributed by atoms with Crippen molar-refractivity contribution in [3.8, 4) is 0 Å². The second kappa shape index (κ2) is 7.13. The van der Waals surface area contributed by atoms with Crippen LogP contribution in [0.1, 0.15) is 44.6 Å². The summed E-state index contributed by atoms with van der Waals surface area (Å²) in [5.41, 5.74) is 2.21. The summed E-state index contributed by atoms with van der Waals surface area (Å²) in [6, 6.07) is 9.78. The van der Waals surface area contributed by atoms with Crippen molar-refractivity contribution in [2.24, 2.45) is 5.92 Å². The third-order valence-electron chi connectivity index (χ3n) is 3.82. The van der Waals surface area contributed by atoms with Gasteiger partial charge in [-0.2, -0.15) is 0 Å². The molecule has 0 aliphatic heterocycles. The third kappa shape index (κ3) is 4.55. The van der Waals surface area contributed by atoms with Crippen molar-refractivity contribution in [2.75, 3.05) is 0 Å². The summed E-state index contributed by atoms with van der Waals surface area (Å²) in [5, 5.41) is 0. The zero-order chi connectivity index (χ0) is 13.5. The number of hydrogen-bond donors (Lipinski definition) is 0. The number of esters is 1. The van der Waals surface area contributed by atoms with Crippen LogP contribution in [-0.4, -0.2) is 5.97 Å². The number of rotatable bonds is 4. The maximum absolute atomic E-state index is 11.8. The summed E-state index contributed by atoms with van der Waals surface area (Å²) in [7, 11) is 0. The van der Waals surface area contributed by atoms with E-state index in [0.717, 1.165) is 5.56 Å². The average Bonchev–Trinajstić information content (AvgIpc) is 2.47. The highest BCUT2D eigenvalue weighted by molar-refractivity contribution is 5.82. The Morgan fingerprint density at radius 3 is 2.58 bits per heavy atom. The predicted molar refractivity (Wildman–Crippen MR) is 76.6 cm³/mol. The first-order valence-corrected chi connectivity index (χ1v) is 7.14. The molecule has 0 N–H and O–H groups in total. The first-order chi connectivity index (χ1) is 9.25. The quantitative estimate of drug-likeness (QED) is 0.596. The fourth-order valence-electron chi connectivity index (χ4n) is 2.63.